The molecule has 0 amide bonds. The lowest BCUT2D eigenvalue weighted by molar-refractivity contribution is -0.118. The molecule has 2 heteroatoms. The van der Waals surface area contributed by atoms with Gasteiger partial charge in [0.25, 0.3) is 0 Å². The Bertz CT molecular complexity index is 270. The van der Waals surface area contributed by atoms with E-state index in [1.54, 1.807) is 0 Å². The van der Waals surface area contributed by atoms with Crippen molar-refractivity contribution < 1.29 is 9.53 Å². The fourth-order valence-electron chi connectivity index (χ4n) is 4.09. The van der Waals surface area contributed by atoms with Gasteiger partial charge >= 0.3 is 0 Å². The number of rotatable bonds is 7. The summed E-state index contributed by atoms with van der Waals surface area (Å²) < 4.78 is 5.41. The van der Waals surface area contributed by atoms with Crippen LogP contribution in [0.15, 0.2) is 0 Å². The maximum atomic E-state index is 11.5. The van der Waals surface area contributed by atoms with Crippen LogP contribution in [0.5, 0.6) is 0 Å². The normalized spacial score (nSPS) is 32.8. The van der Waals surface area contributed by atoms with E-state index in [1.807, 2.05) is 7.11 Å². The van der Waals surface area contributed by atoms with E-state index in [2.05, 4.69) is 6.92 Å². The highest BCUT2D eigenvalue weighted by atomic mass is 16.5. The van der Waals surface area contributed by atoms with Crippen molar-refractivity contribution in [3.63, 3.8) is 0 Å². The van der Waals surface area contributed by atoms with E-state index in [0.29, 0.717) is 11.9 Å². The van der Waals surface area contributed by atoms with Crippen molar-refractivity contribution in [1.29, 1.82) is 0 Å². The summed E-state index contributed by atoms with van der Waals surface area (Å²) in [6, 6.07) is 0. The van der Waals surface area contributed by atoms with Crippen molar-refractivity contribution in [2.24, 2.45) is 17.8 Å². The Balaban J connectivity index is 1.64. The Morgan fingerprint density at radius 1 is 1.28 bits per heavy atom. The number of ether oxygens (including phenoxy) is 1. The van der Waals surface area contributed by atoms with Gasteiger partial charge in [-0.15, -0.1) is 0 Å². The minimum atomic E-state index is 0.453. The second-order valence-electron chi connectivity index (χ2n) is 6.26. The molecule has 4 atom stereocenters. The summed E-state index contributed by atoms with van der Waals surface area (Å²) in [6.45, 7) is 2.19. The topological polar surface area (TPSA) is 26.3 Å². The zero-order chi connectivity index (χ0) is 13.0. The van der Waals surface area contributed by atoms with Gasteiger partial charge in [-0.05, 0) is 43.4 Å². The maximum absolute atomic E-state index is 11.5. The average molecular weight is 252 g/mol. The van der Waals surface area contributed by atoms with Crippen molar-refractivity contribution in [3.05, 3.63) is 0 Å². The number of unbranched alkanes of at least 4 members (excludes halogenated alkanes) is 1. The van der Waals surface area contributed by atoms with E-state index in [-0.39, 0.29) is 0 Å². The number of hydrogen-bond donors (Lipinski definition) is 0. The SMILES string of the molecule is CC[C@@H](CCCC[C@H]1CC[C@@H]2CC(=O)C[C@H]12)OC. The third-order valence-electron chi connectivity index (χ3n) is 5.21. The standard InChI is InChI=1S/C16H28O2/c1-3-15(18-2)7-5-4-6-12-8-9-13-10-14(17)11-16(12)13/h12-13,15-16H,3-11H2,1-2H3/t12-,13+,15-,16+/m0/s1. The lowest BCUT2D eigenvalue weighted by atomic mass is 9.88. The number of carbonyl (C=O) groups is 1. The largest absolute Gasteiger partial charge is 0.381 e. The molecule has 2 rings (SSSR count). The van der Waals surface area contributed by atoms with Crippen molar-refractivity contribution in [3.8, 4) is 0 Å². The van der Waals surface area contributed by atoms with Crippen LogP contribution < -0.4 is 0 Å². The van der Waals surface area contributed by atoms with Crippen LogP contribution in [0.1, 0.15) is 64.7 Å². The van der Waals surface area contributed by atoms with Crippen molar-refractivity contribution in [2.75, 3.05) is 7.11 Å². The molecule has 0 aliphatic heterocycles. The average Bonchev–Trinajstić information content (AvgIpc) is 2.89. The molecule has 2 aliphatic carbocycles. The molecule has 0 aromatic heterocycles. The number of hydrogen-bond acceptors (Lipinski definition) is 2. The Kier molecular flexibility index (Phi) is 5.23. The van der Waals surface area contributed by atoms with Gasteiger partial charge in [-0.2, -0.15) is 0 Å². The quantitative estimate of drug-likeness (QED) is 0.641. The van der Waals surface area contributed by atoms with Crippen LogP contribution in [0.3, 0.4) is 0 Å². The number of Topliss-reactive ketones (excluding diaryl/α,β-unsaturated/α-hetero) is 1. The highest BCUT2D eigenvalue weighted by molar-refractivity contribution is 5.81. The number of methoxy groups -OCH3 is 1. The lowest BCUT2D eigenvalue weighted by Gasteiger charge is -2.18. The van der Waals surface area contributed by atoms with E-state index in [1.165, 1.54) is 38.5 Å². The zero-order valence-electron chi connectivity index (χ0n) is 12.0. The minimum Gasteiger partial charge on any atom is -0.381 e. The van der Waals surface area contributed by atoms with E-state index >= 15 is 0 Å². The second-order valence-corrected chi connectivity index (χ2v) is 6.26. The van der Waals surface area contributed by atoms with Gasteiger partial charge in [-0.25, -0.2) is 0 Å². The van der Waals surface area contributed by atoms with Gasteiger partial charge in [0.1, 0.15) is 5.78 Å². The molecule has 104 valence electrons. The first-order valence-electron chi connectivity index (χ1n) is 7.79. The first kappa shape index (κ1) is 14.0. The van der Waals surface area contributed by atoms with Gasteiger partial charge in [0, 0.05) is 20.0 Å². The predicted molar refractivity (Wildman–Crippen MR) is 73.5 cm³/mol. The third-order valence-corrected chi connectivity index (χ3v) is 5.21. The fourth-order valence-corrected chi connectivity index (χ4v) is 4.09. The van der Waals surface area contributed by atoms with Gasteiger partial charge in [-0.1, -0.05) is 26.2 Å². The van der Waals surface area contributed by atoms with E-state index in [0.717, 1.165) is 37.0 Å². The van der Waals surface area contributed by atoms with Crippen LogP contribution in [-0.2, 0) is 9.53 Å². The summed E-state index contributed by atoms with van der Waals surface area (Å²) in [4.78, 5) is 11.5. The predicted octanol–water partition coefficient (Wildman–Crippen LogP) is 3.98. The monoisotopic (exact) mass is 252 g/mol. The van der Waals surface area contributed by atoms with Crippen molar-refractivity contribution in [2.45, 2.75) is 70.8 Å². The molecule has 0 unspecified atom stereocenters. The molecule has 0 aromatic rings. The Labute approximate surface area is 111 Å². The highest BCUT2D eigenvalue weighted by Crippen LogP contribution is 2.47. The minimum absolute atomic E-state index is 0.453. The molecule has 0 N–H and O–H groups in total. The first-order chi connectivity index (χ1) is 8.74. The van der Waals surface area contributed by atoms with Gasteiger partial charge < -0.3 is 4.74 Å². The molecular formula is C16H28O2. The highest BCUT2D eigenvalue weighted by Gasteiger charge is 2.42. The van der Waals surface area contributed by atoms with Gasteiger partial charge in [0.05, 0.1) is 6.10 Å². The first-order valence-corrected chi connectivity index (χ1v) is 7.79. The molecule has 0 radical (unpaired) electrons. The molecule has 0 spiro atoms. The fraction of sp³-hybridized carbons (Fsp3) is 0.938. The molecule has 0 bridgehead atoms. The number of ketones is 1. The number of fused-ring (bicyclic) bond motifs is 1. The Morgan fingerprint density at radius 2 is 2.11 bits per heavy atom. The molecule has 0 heterocycles. The maximum Gasteiger partial charge on any atom is 0.133 e. The smallest absolute Gasteiger partial charge is 0.133 e. The van der Waals surface area contributed by atoms with E-state index in [9.17, 15) is 4.79 Å². The number of carbonyl (C=O) groups excluding carboxylic acids is 1. The summed E-state index contributed by atoms with van der Waals surface area (Å²) in [7, 11) is 1.82. The molecule has 2 saturated carbocycles. The summed E-state index contributed by atoms with van der Waals surface area (Å²) in [6.07, 6.45) is 11.2. The van der Waals surface area contributed by atoms with Gasteiger partial charge in [0.2, 0.25) is 0 Å². The van der Waals surface area contributed by atoms with E-state index in [4.69, 9.17) is 4.74 Å². The van der Waals surface area contributed by atoms with Gasteiger partial charge in [-0.3, -0.25) is 4.79 Å². The van der Waals surface area contributed by atoms with Crippen LogP contribution in [0.2, 0.25) is 0 Å². The summed E-state index contributed by atoms with van der Waals surface area (Å²) in [5, 5.41) is 0. The van der Waals surface area contributed by atoms with Crippen LogP contribution >= 0.6 is 0 Å². The van der Waals surface area contributed by atoms with E-state index < -0.39 is 0 Å². The summed E-state index contributed by atoms with van der Waals surface area (Å²) in [5.41, 5.74) is 0. The molecular weight excluding hydrogens is 224 g/mol. The van der Waals surface area contributed by atoms with Crippen LogP contribution in [-0.4, -0.2) is 19.0 Å². The zero-order valence-corrected chi connectivity index (χ0v) is 12.0. The van der Waals surface area contributed by atoms with Gasteiger partial charge in [0.15, 0.2) is 0 Å². The lowest BCUT2D eigenvalue weighted by Crippen LogP contribution is -2.11. The molecule has 18 heavy (non-hydrogen) atoms. The van der Waals surface area contributed by atoms with Crippen LogP contribution in [0.25, 0.3) is 0 Å². The molecule has 2 nitrogen and oxygen atoms in total. The van der Waals surface area contributed by atoms with Crippen molar-refractivity contribution >= 4 is 5.78 Å². The second kappa shape index (κ2) is 6.70. The Morgan fingerprint density at radius 3 is 2.83 bits per heavy atom. The van der Waals surface area contributed by atoms with Crippen molar-refractivity contribution in [1.82, 2.24) is 0 Å². The third kappa shape index (κ3) is 3.34. The molecule has 2 aliphatic rings. The molecule has 2 fully saturated rings. The summed E-state index contributed by atoms with van der Waals surface area (Å²) >= 11 is 0. The summed E-state index contributed by atoms with van der Waals surface area (Å²) in [5.74, 6) is 2.89. The van der Waals surface area contributed by atoms with Crippen LogP contribution in [0.4, 0.5) is 0 Å². The Hall–Kier alpha value is -0.370. The molecule has 0 saturated heterocycles. The molecule has 0 aromatic carbocycles. The van der Waals surface area contributed by atoms with Crippen LogP contribution in [0, 0.1) is 17.8 Å².